The third-order valence-electron chi connectivity index (χ3n) is 4.02. The molecule has 2 amide bonds. The van der Waals surface area contributed by atoms with Crippen molar-refractivity contribution in [1.29, 1.82) is 0 Å². The SMILES string of the molecule is [C-]#[N+]c1ccc(-c2ccc(N3CC(CNC(C)=O)OC3=O)cc2F)cc1. The molecule has 0 saturated carbocycles. The van der Waals surface area contributed by atoms with Crippen LogP contribution in [0, 0.1) is 12.4 Å². The summed E-state index contributed by atoms with van der Waals surface area (Å²) in [6, 6.07) is 11.1. The van der Waals surface area contributed by atoms with Crippen LogP contribution in [0.15, 0.2) is 42.5 Å². The van der Waals surface area contributed by atoms with Crippen molar-refractivity contribution in [3.05, 3.63) is 59.7 Å². The molecule has 26 heavy (non-hydrogen) atoms. The number of carbonyl (C=O) groups is 2. The normalized spacial score (nSPS) is 16.1. The Morgan fingerprint density at radius 1 is 1.35 bits per heavy atom. The Labute approximate surface area is 150 Å². The molecule has 2 aromatic carbocycles. The van der Waals surface area contributed by atoms with Crippen molar-refractivity contribution >= 4 is 23.4 Å². The molecule has 0 bridgehead atoms. The molecular formula is C19H16FN3O3. The van der Waals surface area contributed by atoms with Crippen LogP contribution in [0.4, 0.5) is 20.6 Å². The number of anilines is 1. The second-order valence-electron chi connectivity index (χ2n) is 5.88. The number of hydrogen-bond donors (Lipinski definition) is 1. The van der Waals surface area contributed by atoms with Gasteiger partial charge in [-0.3, -0.25) is 9.69 Å². The summed E-state index contributed by atoms with van der Waals surface area (Å²) in [7, 11) is 0. The Hall–Kier alpha value is -3.40. The average Bonchev–Trinajstić information content (AvgIpc) is 3.01. The summed E-state index contributed by atoms with van der Waals surface area (Å²) in [6.45, 7) is 8.78. The molecule has 3 rings (SSSR count). The maximum Gasteiger partial charge on any atom is 0.414 e. The van der Waals surface area contributed by atoms with Crippen molar-refractivity contribution in [2.45, 2.75) is 13.0 Å². The van der Waals surface area contributed by atoms with Gasteiger partial charge in [-0.05, 0) is 23.8 Å². The molecule has 1 saturated heterocycles. The van der Waals surface area contributed by atoms with Gasteiger partial charge in [-0.15, -0.1) is 0 Å². The molecule has 0 radical (unpaired) electrons. The van der Waals surface area contributed by atoms with E-state index in [4.69, 9.17) is 11.3 Å². The smallest absolute Gasteiger partial charge is 0.414 e. The van der Waals surface area contributed by atoms with Crippen LogP contribution in [0.5, 0.6) is 0 Å². The van der Waals surface area contributed by atoms with E-state index in [1.54, 1.807) is 36.4 Å². The number of cyclic esters (lactones) is 1. The van der Waals surface area contributed by atoms with E-state index >= 15 is 0 Å². The Morgan fingerprint density at radius 3 is 2.69 bits per heavy atom. The van der Waals surface area contributed by atoms with Gasteiger partial charge in [0.1, 0.15) is 11.9 Å². The monoisotopic (exact) mass is 353 g/mol. The molecule has 0 spiro atoms. The zero-order chi connectivity index (χ0) is 18.7. The van der Waals surface area contributed by atoms with E-state index in [1.165, 1.54) is 17.9 Å². The Balaban J connectivity index is 1.78. The lowest BCUT2D eigenvalue weighted by atomic mass is 10.0. The third-order valence-corrected chi connectivity index (χ3v) is 4.02. The van der Waals surface area contributed by atoms with Gasteiger partial charge in [-0.25, -0.2) is 14.0 Å². The largest absolute Gasteiger partial charge is 0.442 e. The fourth-order valence-corrected chi connectivity index (χ4v) is 2.72. The predicted molar refractivity (Wildman–Crippen MR) is 94.4 cm³/mol. The second-order valence-corrected chi connectivity index (χ2v) is 5.88. The minimum Gasteiger partial charge on any atom is -0.442 e. The summed E-state index contributed by atoms with van der Waals surface area (Å²) in [5.74, 6) is -0.685. The van der Waals surface area contributed by atoms with Crippen molar-refractivity contribution in [2.24, 2.45) is 0 Å². The number of amides is 2. The third kappa shape index (κ3) is 3.64. The van der Waals surface area contributed by atoms with Gasteiger partial charge in [0, 0.05) is 12.5 Å². The van der Waals surface area contributed by atoms with E-state index in [0.717, 1.165) is 0 Å². The molecule has 1 N–H and O–H groups in total. The van der Waals surface area contributed by atoms with E-state index in [1.807, 2.05) is 0 Å². The van der Waals surface area contributed by atoms with Crippen molar-refractivity contribution in [2.75, 3.05) is 18.0 Å². The summed E-state index contributed by atoms with van der Waals surface area (Å²) in [5.41, 5.74) is 1.90. The topological polar surface area (TPSA) is 63.0 Å². The number of benzene rings is 2. The van der Waals surface area contributed by atoms with Gasteiger partial charge in [0.25, 0.3) is 0 Å². The van der Waals surface area contributed by atoms with E-state index in [9.17, 15) is 14.0 Å². The molecule has 1 aliphatic rings. The number of halogens is 1. The molecule has 132 valence electrons. The van der Waals surface area contributed by atoms with Crippen LogP contribution in [0.1, 0.15) is 6.92 Å². The second kappa shape index (κ2) is 7.23. The fraction of sp³-hybridized carbons (Fsp3) is 0.211. The maximum atomic E-state index is 14.6. The fourth-order valence-electron chi connectivity index (χ4n) is 2.72. The van der Waals surface area contributed by atoms with Gasteiger partial charge >= 0.3 is 6.09 Å². The summed E-state index contributed by atoms with van der Waals surface area (Å²) >= 11 is 0. The molecule has 7 heteroatoms. The van der Waals surface area contributed by atoms with Gasteiger partial charge in [0.2, 0.25) is 5.91 Å². The number of hydrogen-bond acceptors (Lipinski definition) is 3. The Morgan fingerprint density at radius 2 is 2.08 bits per heavy atom. The molecule has 1 aliphatic heterocycles. The summed E-state index contributed by atoms with van der Waals surface area (Å²) < 4.78 is 19.7. The molecule has 2 aromatic rings. The van der Waals surface area contributed by atoms with Gasteiger partial charge in [0.05, 0.1) is 25.3 Å². The predicted octanol–water partition coefficient (Wildman–Crippen LogP) is 3.50. The number of rotatable bonds is 4. The van der Waals surface area contributed by atoms with Crippen LogP contribution in [0.25, 0.3) is 16.0 Å². The highest BCUT2D eigenvalue weighted by atomic mass is 19.1. The standard InChI is InChI=1S/C19H16FN3O3/c1-12(24)22-10-16-11-23(19(25)26-16)15-7-8-17(18(20)9-15)13-3-5-14(21-2)6-4-13/h3-9,16H,10-11H2,1H3,(H,22,24). The van der Waals surface area contributed by atoms with Crippen molar-refractivity contribution in [3.63, 3.8) is 0 Å². The van der Waals surface area contributed by atoms with Crippen LogP contribution >= 0.6 is 0 Å². The molecule has 1 unspecified atom stereocenters. The summed E-state index contributed by atoms with van der Waals surface area (Å²) in [5, 5.41) is 2.59. The zero-order valence-corrected chi connectivity index (χ0v) is 14.0. The number of nitrogens with one attached hydrogen (secondary N) is 1. The molecule has 1 atom stereocenters. The van der Waals surface area contributed by atoms with Crippen LogP contribution in [0.2, 0.25) is 0 Å². The van der Waals surface area contributed by atoms with Crippen molar-refractivity contribution < 1.29 is 18.7 Å². The van der Waals surface area contributed by atoms with E-state index in [0.29, 0.717) is 22.5 Å². The Kier molecular flexibility index (Phi) is 4.85. The van der Waals surface area contributed by atoms with Gasteiger partial charge in [-0.2, -0.15) is 0 Å². The van der Waals surface area contributed by atoms with Gasteiger partial charge in [0.15, 0.2) is 5.69 Å². The van der Waals surface area contributed by atoms with E-state index < -0.39 is 18.0 Å². The van der Waals surface area contributed by atoms with Crippen molar-refractivity contribution in [1.82, 2.24) is 5.32 Å². The van der Waals surface area contributed by atoms with Crippen LogP contribution in [-0.2, 0) is 9.53 Å². The lowest BCUT2D eigenvalue weighted by molar-refractivity contribution is -0.119. The first-order chi connectivity index (χ1) is 12.5. The molecule has 0 aromatic heterocycles. The highest BCUT2D eigenvalue weighted by molar-refractivity contribution is 5.90. The molecule has 1 fully saturated rings. The van der Waals surface area contributed by atoms with Crippen LogP contribution in [0.3, 0.4) is 0 Å². The van der Waals surface area contributed by atoms with Crippen LogP contribution in [-0.4, -0.2) is 31.2 Å². The first-order valence-electron chi connectivity index (χ1n) is 7.98. The molecule has 0 aliphatic carbocycles. The number of carbonyl (C=O) groups excluding carboxylic acids is 2. The quantitative estimate of drug-likeness (QED) is 0.856. The lowest BCUT2D eigenvalue weighted by Crippen LogP contribution is -2.33. The van der Waals surface area contributed by atoms with Gasteiger partial charge < -0.3 is 10.1 Å². The Bertz CT molecular complexity index is 890. The average molecular weight is 353 g/mol. The maximum absolute atomic E-state index is 14.6. The number of ether oxygens (including phenoxy) is 1. The highest BCUT2D eigenvalue weighted by Crippen LogP contribution is 2.30. The molecule has 6 nitrogen and oxygen atoms in total. The van der Waals surface area contributed by atoms with Gasteiger partial charge in [-0.1, -0.05) is 24.3 Å². The van der Waals surface area contributed by atoms with Crippen LogP contribution < -0.4 is 10.2 Å². The summed E-state index contributed by atoms with van der Waals surface area (Å²) in [6.07, 6.45) is -1.05. The molecule has 1 heterocycles. The summed E-state index contributed by atoms with van der Waals surface area (Å²) in [4.78, 5) is 27.6. The first-order valence-corrected chi connectivity index (χ1v) is 7.98. The highest BCUT2D eigenvalue weighted by Gasteiger charge is 2.32. The minimum absolute atomic E-state index is 0.209. The molecular weight excluding hydrogens is 337 g/mol. The minimum atomic E-state index is -0.575. The lowest BCUT2D eigenvalue weighted by Gasteiger charge is -2.14. The zero-order valence-electron chi connectivity index (χ0n) is 14.0. The number of nitrogens with zero attached hydrogens (tertiary/aromatic N) is 2. The first kappa shape index (κ1) is 17.4. The van der Waals surface area contributed by atoms with E-state index in [2.05, 4.69) is 10.2 Å². The van der Waals surface area contributed by atoms with Crippen molar-refractivity contribution in [3.8, 4) is 11.1 Å². The van der Waals surface area contributed by atoms with E-state index in [-0.39, 0.29) is 19.0 Å².